The number of carbonyl (C=O) groups is 2. The fourth-order valence-electron chi connectivity index (χ4n) is 1.57. The number of hydrogen-bond donors (Lipinski definition) is 2. The molecule has 0 unspecified atom stereocenters. The molecule has 2 rings (SSSR count). The molecular formula is C14H10ClN3O4S. The Morgan fingerprint density at radius 1 is 1.26 bits per heavy atom. The molecule has 0 spiro atoms. The number of nitrogens with one attached hydrogen (secondary N) is 2. The van der Waals surface area contributed by atoms with E-state index in [0.717, 1.165) is 6.08 Å². The summed E-state index contributed by atoms with van der Waals surface area (Å²) in [6.45, 7) is 0. The normalized spacial score (nSPS) is 10.5. The van der Waals surface area contributed by atoms with Crippen molar-refractivity contribution < 1.29 is 14.5 Å². The van der Waals surface area contributed by atoms with E-state index in [1.54, 1.807) is 17.5 Å². The molecule has 0 fully saturated rings. The molecule has 118 valence electrons. The van der Waals surface area contributed by atoms with Gasteiger partial charge in [0.1, 0.15) is 5.02 Å². The summed E-state index contributed by atoms with van der Waals surface area (Å²) in [7, 11) is 0. The van der Waals surface area contributed by atoms with Gasteiger partial charge in [0.25, 0.3) is 17.5 Å². The van der Waals surface area contributed by atoms with Crippen LogP contribution in [0.1, 0.15) is 15.2 Å². The van der Waals surface area contributed by atoms with Crippen molar-refractivity contribution in [3.05, 3.63) is 67.4 Å². The molecule has 23 heavy (non-hydrogen) atoms. The van der Waals surface area contributed by atoms with Crippen LogP contribution in [0.3, 0.4) is 0 Å². The average molecular weight is 352 g/mol. The molecule has 2 N–H and O–H groups in total. The first-order chi connectivity index (χ1) is 11.0. The number of hydrogen-bond acceptors (Lipinski definition) is 5. The Morgan fingerprint density at radius 3 is 2.70 bits per heavy atom. The van der Waals surface area contributed by atoms with E-state index in [4.69, 9.17) is 11.6 Å². The molecule has 7 nitrogen and oxygen atoms in total. The van der Waals surface area contributed by atoms with Gasteiger partial charge in [0.15, 0.2) is 0 Å². The molecular weight excluding hydrogens is 342 g/mol. The second kappa shape index (κ2) is 7.52. The molecule has 1 heterocycles. The van der Waals surface area contributed by atoms with Gasteiger partial charge in [0.05, 0.1) is 9.80 Å². The highest BCUT2D eigenvalue weighted by atomic mass is 35.5. The molecule has 0 saturated carbocycles. The average Bonchev–Trinajstić information content (AvgIpc) is 3.06. The summed E-state index contributed by atoms with van der Waals surface area (Å²) in [5.41, 5.74) is 4.64. The number of halogens is 1. The number of hydrazine groups is 1. The van der Waals surface area contributed by atoms with E-state index >= 15 is 0 Å². The Bertz CT molecular complexity index is 774. The lowest BCUT2D eigenvalue weighted by molar-refractivity contribution is -0.384. The molecule has 0 radical (unpaired) electrons. The molecule has 2 amide bonds. The first-order valence-electron chi connectivity index (χ1n) is 6.23. The van der Waals surface area contributed by atoms with E-state index in [0.29, 0.717) is 10.4 Å². The van der Waals surface area contributed by atoms with Crippen LogP contribution in [0.15, 0.2) is 41.8 Å². The second-order valence-corrected chi connectivity index (χ2v) is 5.58. The van der Waals surface area contributed by atoms with E-state index in [9.17, 15) is 19.7 Å². The van der Waals surface area contributed by atoms with Crippen molar-refractivity contribution in [2.24, 2.45) is 0 Å². The Morgan fingerprint density at radius 2 is 2.04 bits per heavy atom. The van der Waals surface area contributed by atoms with Crippen LogP contribution in [0.25, 0.3) is 6.08 Å². The minimum absolute atomic E-state index is 0.0137. The van der Waals surface area contributed by atoms with Gasteiger partial charge in [0, 0.05) is 12.1 Å². The molecule has 1 aromatic carbocycles. The van der Waals surface area contributed by atoms with Crippen LogP contribution in [0.5, 0.6) is 0 Å². The lowest BCUT2D eigenvalue weighted by Gasteiger charge is -2.03. The van der Waals surface area contributed by atoms with Crippen molar-refractivity contribution in [2.45, 2.75) is 0 Å². The maximum atomic E-state index is 11.6. The zero-order chi connectivity index (χ0) is 16.8. The SMILES string of the molecule is O=C(C=Cc1ccc(Cl)c([N+](=O)[O-])c1)NNC(=O)c1cccs1. The number of nitro benzene ring substituents is 1. The van der Waals surface area contributed by atoms with Gasteiger partial charge in [-0.15, -0.1) is 11.3 Å². The van der Waals surface area contributed by atoms with E-state index in [2.05, 4.69) is 10.9 Å². The molecule has 0 bridgehead atoms. The van der Waals surface area contributed by atoms with E-state index in [-0.39, 0.29) is 10.7 Å². The molecule has 0 aliphatic rings. The molecule has 9 heteroatoms. The van der Waals surface area contributed by atoms with Gasteiger partial charge in [0.2, 0.25) is 0 Å². The fourth-order valence-corrected chi connectivity index (χ4v) is 2.38. The van der Waals surface area contributed by atoms with Gasteiger partial charge in [-0.1, -0.05) is 23.7 Å². The fraction of sp³-hybridized carbons (Fsp3) is 0. The highest BCUT2D eigenvalue weighted by Gasteiger charge is 2.12. The minimum Gasteiger partial charge on any atom is -0.268 e. The standard InChI is InChI=1S/C14H10ClN3O4S/c15-10-5-3-9(8-11(10)18(21)22)4-6-13(19)16-17-14(20)12-2-1-7-23-12/h1-8H,(H,16,19)(H,17,20). The number of thiophene rings is 1. The molecule has 0 saturated heterocycles. The molecule has 0 atom stereocenters. The second-order valence-electron chi connectivity index (χ2n) is 4.22. The van der Waals surface area contributed by atoms with Gasteiger partial charge in [-0.2, -0.15) is 0 Å². The van der Waals surface area contributed by atoms with Crippen molar-refractivity contribution in [3.63, 3.8) is 0 Å². The predicted molar refractivity (Wildman–Crippen MR) is 87.1 cm³/mol. The van der Waals surface area contributed by atoms with Crippen molar-refractivity contribution >= 4 is 46.5 Å². The topological polar surface area (TPSA) is 101 Å². The van der Waals surface area contributed by atoms with E-state index in [1.165, 1.54) is 35.6 Å². The van der Waals surface area contributed by atoms with Crippen LogP contribution in [0.2, 0.25) is 5.02 Å². The van der Waals surface area contributed by atoms with Crippen molar-refractivity contribution in [1.29, 1.82) is 0 Å². The summed E-state index contributed by atoms with van der Waals surface area (Å²) in [5.74, 6) is -1.00. The first kappa shape index (κ1) is 16.7. The largest absolute Gasteiger partial charge is 0.288 e. The van der Waals surface area contributed by atoms with Crippen molar-refractivity contribution in [1.82, 2.24) is 10.9 Å². The molecule has 0 aliphatic heterocycles. The van der Waals surface area contributed by atoms with Gasteiger partial charge >= 0.3 is 0 Å². The van der Waals surface area contributed by atoms with Crippen LogP contribution in [-0.2, 0) is 4.79 Å². The summed E-state index contributed by atoms with van der Waals surface area (Å²) in [6.07, 6.45) is 2.51. The van der Waals surface area contributed by atoms with Crippen molar-refractivity contribution in [2.75, 3.05) is 0 Å². The quantitative estimate of drug-likeness (QED) is 0.502. The monoisotopic (exact) mass is 351 g/mol. The third-order valence-electron chi connectivity index (χ3n) is 2.64. The van der Waals surface area contributed by atoms with Gasteiger partial charge in [-0.25, -0.2) is 0 Å². The van der Waals surface area contributed by atoms with Gasteiger partial charge < -0.3 is 0 Å². The smallest absolute Gasteiger partial charge is 0.268 e. The lowest BCUT2D eigenvalue weighted by atomic mass is 10.2. The lowest BCUT2D eigenvalue weighted by Crippen LogP contribution is -2.40. The molecule has 0 aliphatic carbocycles. The number of rotatable bonds is 4. The number of carbonyl (C=O) groups excluding carboxylic acids is 2. The zero-order valence-corrected chi connectivity index (χ0v) is 13.1. The maximum Gasteiger partial charge on any atom is 0.288 e. The van der Waals surface area contributed by atoms with Gasteiger partial charge in [-0.05, 0) is 29.2 Å². The molecule has 1 aromatic heterocycles. The summed E-state index contributed by atoms with van der Waals surface area (Å²) < 4.78 is 0. The minimum atomic E-state index is -0.610. The Hall–Kier alpha value is -2.71. The van der Waals surface area contributed by atoms with Gasteiger partial charge in [-0.3, -0.25) is 30.6 Å². The summed E-state index contributed by atoms with van der Waals surface area (Å²) in [6, 6.07) is 7.49. The van der Waals surface area contributed by atoms with E-state index < -0.39 is 16.7 Å². The van der Waals surface area contributed by atoms with Crippen LogP contribution in [-0.4, -0.2) is 16.7 Å². The number of benzene rings is 1. The van der Waals surface area contributed by atoms with E-state index in [1.807, 2.05) is 0 Å². The predicted octanol–water partition coefficient (Wildman–Crippen LogP) is 2.78. The Kier molecular flexibility index (Phi) is 5.45. The molecule has 2 aromatic rings. The summed E-state index contributed by atoms with van der Waals surface area (Å²) in [4.78, 5) is 33.8. The van der Waals surface area contributed by atoms with Crippen LogP contribution < -0.4 is 10.9 Å². The third kappa shape index (κ3) is 4.63. The Labute approximate surface area is 139 Å². The van der Waals surface area contributed by atoms with Crippen LogP contribution >= 0.6 is 22.9 Å². The summed E-state index contributed by atoms with van der Waals surface area (Å²) in [5, 5.41) is 12.5. The number of nitrogens with zero attached hydrogens (tertiary/aromatic N) is 1. The number of nitro groups is 1. The highest BCUT2D eigenvalue weighted by Crippen LogP contribution is 2.25. The highest BCUT2D eigenvalue weighted by molar-refractivity contribution is 7.12. The maximum absolute atomic E-state index is 11.6. The third-order valence-corrected chi connectivity index (χ3v) is 3.83. The number of amides is 2. The van der Waals surface area contributed by atoms with Crippen LogP contribution in [0.4, 0.5) is 5.69 Å². The zero-order valence-electron chi connectivity index (χ0n) is 11.5. The van der Waals surface area contributed by atoms with Crippen molar-refractivity contribution in [3.8, 4) is 0 Å². The Balaban J connectivity index is 1.95. The van der Waals surface area contributed by atoms with Crippen LogP contribution in [0, 0.1) is 10.1 Å². The summed E-state index contributed by atoms with van der Waals surface area (Å²) >= 11 is 6.94. The first-order valence-corrected chi connectivity index (χ1v) is 7.49.